The third-order valence-electron chi connectivity index (χ3n) is 1.04. The SMILES string of the molecule is OC1(CS)COC1. The number of aliphatic hydroxyl groups is 1. The molecular weight excluding hydrogens is 112 g/mol. The molecule has 0 bridgehead atoms. The van der Waals surface area contributed by atoms with E-state index >= 15 is 0 Å². The van der Waals surface area contributed by atoms with Crippen molar-refractivity contribution in [3.05, 3.63) is 0 Å². The van der Waals surface area contributed by atoms with E-state index in [4.69, 9.17) is 9.84 Å². The minimum absolute atomic E-state index is 0.455. The van der Waals surface area contributed by atoms with E-state index in [-0.39, 0.29) is 0 Å². The molecule has 1 heterocycles. The van der Waals surface area contributed by atoms with Crippen molar-refractivity contribution < 1.29 is 9.84 Å². The highest BCUT2D eigenvalue weighted by atomic mass is 32.1. The Bertz CT molecular complexity index is 64.6. The second kappa shape index (κ2) is 1.65. The van der Waals surface area contributed by atoms with Gasteiger partial charge in [-0.05, 0) is 0 Å². The van der Waals surface area contributed by atoms with E-state index in [1.54, 1.807) is 0 Å². The molecule has 0 radical (unpaired) electrons. The topological polar surface area (TPSA) is 29.5 Å². The fraction of sp³-hybridized carbons (Fsp3) is 1.00. The van der Waals surface area contributed by atoms with Gasteiger partial charge in [0.2, 0.25) is 0 Å². The molecule has 2 nitrogen and oxygen atoms in total. The summed E-state index contributed by atoms with van der Waals surface area (Å²) in [6.45, 7) is 0.910. The number of thiol groups is 1. The zero-order valence-electron chi connectivity index (χ0n) is 3.92. The lowest BCUT2D eigenvalue weighted by Crippen LogP contribution is -2.51. The quantitative estimate of drug-likeness (QED) is 0.464. The van der Waals surface area contributed by atoms with E-state index in [0.29, 0.717) is 19.0 Å². The first-order valence-corrected chi connectivity index (χ1v) is 2.81. The van der Waals surface area contributed by atoms with Crippen molar-refractivity contribution in [2.75, 3.05) is 19.0 Å². The van der Waals surface area contributed by atoms with Gasteiger partial charge in [-0.15, -0.1) is 0 Å². The van der Waals surface area contributed by atoms with Gasteiger partial charge in [-0.3, -0.25) is 0 Å². The van der Waals surface area contributed by atoms with Crippen LogP contribution in [-0.4, -0.2) is 29.7 Å². The zero-order chi connectivity index (χ0) is 5.33. The summed E-state index contributed by atoms with van der Waals surface area (Å²) in [4.78, 5) is 0. The minimum atomic E-state index is -0.594. The molecule has 7 heavy (non-hydrogen) atoms. The summed E-state index contributed by atoms with van der Waals surface area (Å²) in [5.74, 6) is 0.507. The molecule has 0 aromatic carbocycles. The van der Waals surface area contributed by atoms with Crippen LogP contribution >= 0.6 is 12.6 Å². The van der Waals surface area contributed by atoms with Gasteiger partial charge in [0.15, 0.2) is 0 Å². The molecule has 42 valence electrons. The standard InChI is InChI=1S/C4H8O2S/c5-4(3-7)1-6-2-4/h5,7H,1-3H2. The lowest BCUT2D eigenvalue weighted by atomic mass is 10.1. The van der Waals surface area contributed by atoms with E-state index < -0.39 is 5.60 Å². The Labute approximate surface area is 47.9 Å². The van der Waals surface area contributed by atoms with Crippen molar-refractivity contribution in [1.29, 1.82) is 0 Å². The summed E-state index contributed by atoms with van der Waals surface area (Å²) in [5, 5.41) is 9.02. The van der Waals surface area contributed by atoms with Crippen LogP contribution in [0.15, 0.2) is 0 Å². The molecule has 0 aromatic rings. The van der Waals surface area contributed by atoms with Crippen LogP contribution in [0.2, 0.25) is 0 Å². The second-order valence-electron chi connectivity index (χ2n) is 1.88. The zero-order valence-corrected chi connectivity index (χ0v) is 4.82. The Morgan fingerprint density at radius 3 is 2.29 bits per heavy atom. The van der Waals surface area contributed by atoms with Crippen LogP contribution < -0.4 is 0 Å². The summed E-state index contributed by atoms with van der Waals surface area (Å²) in [5.41, 5.74) is -0.594. The van der Waals surface area contributed by atoms with Crippen LogP contribution in [0.1, 0.15) is 0 Å². The van der Waals surface area contributed by atoms with Crippen LogP contribution in [0.25, 0.3) is 0 Å². The van der Waals surface area contributed by atoms with Gasteiger partial charge in [0.1, 0.15) is 5.60 Å². The lowest BCUT2D eigenvalue weighted by molar-refractivity contribution is -0.162. The molecule has 1 fully saturated rings. The van der Waals surface area contributed by atoms with Crippen LogP contribution in [0.5, 0.6) is 0 Å². The summed E-state index contributed by atoms with van der Waals surface area (Å²) < 4.78 is 4.73. The van der Waals surface area contributed by atoms with E-state index in [9.17, 15) is 0 Å². The molecule has 1 rings (SSSR count). The predicted molar refractivity (Wildman–Crippen MR) is 29.6 cm³/mol. The minimum Gasteiger partial charge on any atom is -0.384 e. The summed E-state index contributed by atoms with van der Waals surface area (Å²) in [7, 11) is 0. The van der Waals surface area contributed by atoms with E-state index in [1.807, 2.05) is 0 Å². The molecular formula is C4H8O2S. The number of ether oxygens (including phenoxy) is 1. The van der Waals surface area contributed by atoms with E-state index in [2.05, 4.69) is 12.6 Å². The molecule has 0 saturated carbocycles. The van der Waals surface area contributed by atoms with E-state index in [0.717, 1.165) is 0 Å². The van der Waals surface area contributed by atoms with Crippen molar-refractivity contribution in [2.24, 2.45) is 0 Å². The molecule has 0 aromatic heterocycles. The maximum atomic E-state index is 9.02. The molecule has 1 N–H and O–H groups in total. The van der Waals surface area contributed by atoms with Crippen LogP contribution in [0.3, 0.4) is 0 Å². The van der Waals surface area contributed by atoms with Crippen molar-refractivity contribution >= 4 is 12.6 Å². The molecule has 0 aliphatic carbocycles. The van der Waals surface area contributed by atoms with Gasteiger partial charge in [0, 0.05) is 5.75 Å². The Morgan fingerprint density at radius 2 is 2.29 bits per heavy atom. The van der Waals surface area contributed by atoms with Crippen molar-refractivity contribution in [3.63, 3.8) is 0 Å². The normalized spacial score (nSPS) is 26.6. The monoisotopic (exact) mass is 120 g/mol. The molecule has 0 spiro atoms. The van der Waals surface area contributed by atoms with Gasteiger partial charge in [-0.1, -0.05) is 0 Å². The third-order valence-corrected chi connectivity index (χ3v) is 1.62. The first-order chi connectivity index (χ1) is 3.27. The number of hydrogen-bond donors (Lipinski definition) is 2. The highest BCUT2D eigenvalue weighted by molar-refractivity contribution is 7.80. The molecule has 0 unspecified atom stereocenters. The molecule has 1 saturated heterocycles. The third kappa shape index (κ3) is 0.900. The smallest absolute Gasteiger partial charge is 0.120 e. The largest absolute Gasteiger partial charge is 0.384 e. The Morgan fingerprint density at radius 1 is 1.71 bits per heavy atom. The number of hydrogen-bond acceptors (Lipinski definition) is 3. The first-order valence-electron chi connectivity index (χ1n) is 2.18. The van der Waals surface area contributed by atoms with Crippen molar-refractivity contribution in [1.82, 2.24) is 0 Å². The summed E-state index contributed by atoms with van der Waals surface area (Å²) in [6, 6.07) is 0. The Kier molecular flexibility index (Phi) is 1.28. The van der Waals surface area contributed by atoms with Gasteiger partial charge in [-0.25, -0.2) is 0 Å². The molecule has 1 aliphatic rings. The van der Waals surface area contributed by atoms with Crippen molar-refractivity contribution in [3.8, 4) is 0 Å². The highest BCUT2D eigenvalue weighted by Crippen LogP contribution is 2.16. The average Bonchev–Trinajstić information content (AvgIpc) is 1.61. The fourth-order valence-corrected chi connectivity index (χ4v) is 0.612. The van der Waals surface area contributed by atoms with Gasteiger partial charge >= 0.3 is 0 Å². The van der Waals surface area contributed by atoms with Gasteiger partial charge in [-0.2, -0.15) is 12.6 Å². The fourth-order valence-electron chi connectivity index (χ4n) is 0.429. The van der Waals surface area contributed by atoms with Crippen LogP contribution in [0.4, 0.5) is 0 Å². The second-order valence-corrected chi connectivity index (χ2v) is 2.19. The van der Waals surface area contributed by atoms with Crippen LogP contribution in [0, 0.1) is 0 Å². The number of rotatable bonds is 1. The Hall–Kier alpha value is 0.270. The summed E-state index contributed by atoms with van der Waals surface area (Å²) in [6.07, 6.45) is 0. The Balaban J connectivity index is 2.29. The first kappa shape index (κ1) is 5.41. The maximum Gasteiger partial charge on any atom is 0.120 e. The maximum absolute atomic E-state index is 9.02. The summed E-state index contributed by atoms with van der Waals surface area (Å²) >= 11 is 3.90. The van der Waals surface area contributed by atoms with Gasteiger partial charge in [0.25, 0.3) is 0 Å². The van der Waals surface area contributed by atoms with Gasteiger partial charge in [0.05, 0.1) is 13.2 Å². The lowest BCUT2D eigenvalue weighted by Gasteiger charge is -2.34. The predicted octanol–water partition coefficient (Wildman–Crippen LogP) is -0.323. The van der Waals surface area contributed by atoms with Crippen molar-refractivity contribution in [2.45, 2.75) is 5.60 Å². The van der Waals surface area contributed by atoms with Gasteiger partial charge < -0.3 is 9.84 Å². The highest BCUT2D eigenvalue weighted by Gasteiger charge is 2.33. The van der Waals surface area contributed by atoms with E-state index in [1.165, 1.54) is 0 Å². The van der Waals surface area contributed by atoms with Crippen LogP contribution in [-0.2, 0) is 4.74 Å². The molecule has 3 heteroatoms. The molecule has 1 aliphatic heterocycles. The molecule has 0 amide bonds. The molecule has 0 atom stereocenters. The average molecular weight is 120 g/mol.